The molecule has 0 unspecified atom stereocenters. The first kappa shape index (κ1) is 13.6. The van der Waals surface area contributed by atoms with Crippen LogP contribution in [-0.4, -0.2) is 26.0 Å². The summed E-state index contributed by atoms with van der Waals surface area (Å²) < 4.78 is 25.7. The van der Waals surface area contributed by atoms with Crippen LogP contribution in [0.3, 0.4) is 0 Å². The van der Waals surface area contributed by atoms with E-state index in [1.54, 1.807) is 0 Å². The van der Waals surface area contributed by atoms with Gasteiger partial charge in [-0.1, -0.05) is 0 Å². The van der Waals surface area contributed by atoms with E-state index in [1.807, 2.05) is 6.07 Å². The van der Waals surface area contributed by atoms with Crippen LogP contribution in [0.25, 0.3) is 0 Å². The molecule has 0 fully saturated rings. The average Bonchev–Trinajstić information content (AvgIpc) is 2.61. The van der Waals surface area contributed by atoms with Crippen molar-refractivity contribution in [2.24, 2.45) is 0 Å². The maximum atomic E-state index is 11.8. The maximum Gasteiger partial charge on any atom is 0.345 e. The number of thiophene rings is 1. The summed E-state index contributed by atoms with van der Waals surface area (Å²) in [6.45, 7) is 1.55. The summed E-state index contributed by atoms with van der Waals surface area (Å²) in [5, 5.41) is 17.1. The van der Waals surface area contributed by atoms with Crippen LogP contribution in [0.5, 0.6) is 0 Å². The van der Waals surface area contributed by atoms with E-state index in [2.05, 4.69) is 4.72 Å². The van der Waals surface area contributed by atoms with Crippen LogP contribution < -0.4 is 4.72 Å². The summed E-state index contributed by atoms with van der Waals surface area (Å²) in [6, 6.07) is 2.93. The van der Waals surface area contributed by atoms with E-state index in [9.17, 15) is 13.2 Å². The Kier molecular flexibility index (Phi) is 4.22. The summed E-state index contributed by atoms with van der Waals surface area (Å²) in [4.78, 5) is 11.0. The van der Waals surface area contributed by atoms with Gasteiger partial charge in [0.2, 0.25) is 10.0 Å². The van der Waals surface area contributed by atoms with Crippen LogP contribution in [0.2, 0.25) is 0 Å². The highest BCUT2D eigenvalue weighted by Gasteiger charge is 2.21. The third kappa shape index (κ3) is 3.26. The zero-order valence-corrected chi connectivity index (χ0v) is 10.6. The highest BCUT2D eigenvalue weighted by atomic mass is 32.2. The number of hydrogen-bond acceptors (Lipinski definition) is 5. The Balaban J connectivity index is 2.99. The number of aryl methyl sites for hydroxylation is 1. The van der Waals surface area contributed by atoms with Gasteiger partial charge in [-0.05, 0) is 13.0 Å². The van der Waals surface area contributed by atoms with Crippen LogP contribution in [0.15, 0.2) is 11.0 Å². The molecule has 6 nitrogen and oxygen atoms in total. The molecule has 1 rings (SSSR count). The van der Waals surface area contributed by atoms with Crippen molar-refractivity contribution in [2.45, 2.75) is 18.2 Å². The SMILES string of the molecule is Cc1sc(C(=O)O)cc1S(=O)(=O)NCCC#N. The fraction of sp³-hybridized carbons (Fsp3) is 0.333. The maximum absolute atomic E-state index is 11.8. The molecule has 0 bridgehead atoms. The number of sulfonamides is 1. The van der Waals surface area contributed by atoms with Crippen LogP contribution in [0, 0.1) is 18.3 Å². The molecule has 0 aliphatic rings. The van der Waals surface area contributed by atoms with Gasteiger partial charge in [-0.15, -0.1) is 11.3 Å². The van der Waals surface area contributed by atoms with Crippen molar-refractivity contribution < 1.29 is 18.3 Å². The Hall–Kier alpha value is -1.43. The second-order valence-corrected chi connectivity index (χ2v) is 6.13. The van der Waals surface area contributed by atoms with Gasteiger partial charge in [-0.25, -0.2) is 17.9 Å². The van der Waals surface area contributed by atoms with Gasteiger partial charge in [0, 0.05) is 17.8 Å². The zero-order valence-electron chi connectivity index (χ0n) is 8.93. The molecular weight excluding hydrogens is 264 g/mol. The van der Waals surface area contributed by atoms with Gasteiger partial charge in [0.1, 0.15) is 4.88 Å². The lowest BCUT2D eigenvalue weighted by molar-refractivity contribution is 0.0702. The Labute approximate surface area is 103 Å². The lowest BCUT2D eigenvalue weighted by atomic mass is 10.4. The first-order valence-electron chi connectivity index (χ1n) is 4.59. The summed E-state index contributed by atoms with van der Waals surface area (Å²) in [6.07, 6.45) is 0.0637. The van der Waals surface area contributed by atoms with E-state index in [0.29, 0.717) is 4.88 Å². The van der Waals surface area contributed by atoms with Crippen LogP contribution >= 0.6 is 11.3 Å². The lowest BCUT2D eigenvalue weighted by Crippen LogP contribution is -2.24. The quantitative estimate of drug-likeness (QED) is 0.777. The van der Waals surface area contributed by atoms with E-state index < -0.39 is 16.0 Å². The topological polar surface area (TPSA) is 107 Å². The Morgan fingerprint density at radius 3 is 2.76 bits per heavy atom. The molecule has 2 N–H and O–H groups in total. The van der Waals surface area contributed by atoms with Crippen LogP contribution in [0.4, 0.5) is 0 Å². The van der Waals surface area contributed by atoms with Crippen molar-refractivity contribution in [1.29, 1.82) is 5.26 Å². The number of carboxylic acids is 1. The van der Waals surface area contributed by atoms with Gasteiger partial charge >= 0.3 is 5.97 Å². The summed E-state index contributed by atoms with van der Waals surface area (Å²) in [7, 11) is -3.73. The fourth-order valence-corrected chi connectivity index (χ4v) is 3.62. The molecule has 1 aromatic rings. The van der Waals surface area contributed by atoms with Crippen LogP contribution in [0.1, 0.15) is 21.0 Å². The molecule has 0 saturated carbocycles. The minimum absolute atomic E-state index is 0.0104. The van der Waals surface area contributed by atoms with Crippen molar-refractivity contribution in [3.8, 4) is 6.07 Å². The standard InChI is InChI=1S/C9H10N2O4S2/c1-6-8(5-7(16-6)9(12)13)17(14,15)11-4-2-3-10/h5,11H,2,4H2,1H3,(H,12,13). The Morgan fingerprint density at radius 1 is 1.65 bits per heavy atom. The molecular formula is C9H10N2O4S2. The smallest absolute Gasteiger partial charge is 0.345 e. The number of nitrogens with one attached hydrogen (secondary N) is 1. The van der Waals surface area contributed by atoms with E-state index in [-0.39, 0.29) is 22.7 Å². The number of nitriles is 1. The molecule has 0 saturated heterocycles. The molecule has 1 heterocycles. The van der Waals surface area contributed by atoms with Crippen LogP contribution in [-0.2, 0) is 10.0 Å². The molecule has 92 valence electrons. The minimum Gasteiger partial charge on any atom is -0.477 e. The molecule has 0 amide bonds. The van der Waals surface area contributed by atoms with Crippen molar-refractivity contribution in [3.05, 3.63) is 15.8 Å². The van der Waals surface area contributed by atoms with Gasteiger partial charge in [-0.3, -0.25) is 0 Å². The van der Waals surface area contributed by atoms with Gasteiger partial charge in [0.15, 0.2) is 0 Å². The second kappa shape index (κ2) is 5.27. The van der Waals surface area contributed by atoms with Gasteiger partial charge in [0.25, 0.3) is 0 Å². The number of aromatic carboxylic acids is 1. The first-order valence-corrected chi connectivity index (χ1v) is 6.89. The Bertz CT molecular complexity index is 568. The van der Waals surface area contributed by atoms with E-state index in [0.717, 1.165) is 17.4 Å². The van der Waals surface area contributed by atoms with Gasteiger partial charge in [-0.2, -0.15) is 5.26 Å². The number of hydrogen-bond donors (Lipinski definition) is 2. The molecule has 17 heavy (non-hydrogen) atoms. The third-order valence-corrected chi connectivity index (χ3v) is 4.66. The van der Waals surface area contributed by atoms with Gasteiger partial charge in [0.05, 0.1) is 11.0 Å². The molecule has 0 aromatic carbocycles. The summed E-state index contributed by atoms with van der Waals surface area (Å²) >= 11 is 0.905. The number of rotatable bonds is 5. The number of nitrogens with zero attached hydrogens (tertiary/aromatic N) is 1. The molecule has 0 aliphatic heterocycles. The molecule has 8 heteroatoms. The van der Waals surface area contributed by atoms with Gasteiger partial charge < -0.3 is 5.11 Å². The molecule has 1 aromatic heterocycles. The normalized spacial score (nSPS) is 11.1. The van der Waals surface area contributed by atoms with Crippen molar-refractivity contribution in [3.63, 3.8) is 0 Å². The van der Waals surface area contributed by atoms with Crippen molar-refractivity contribution in [2.75, 3.05) is 6.54 Å². The van der Waals surface area contributed by atoms with E-state index in [4.69, 9.17) is 10.4 Å². The third-order valence-electron chi connectivity index (χ3n) is 1.90. The Morgan fingerprint density at radius 2 is 2.29 bits per heavy atom. The predicted molar refractivity (Wildman–Crippen MR) is 61.4 cm³/mol. The van der Waals surface area contributed by atoms with Crippen molar-refractivity contribution in [1.82, 2.24) is 4.72 Å². The molecule has 0 spiro atoms. The average molecular weight is 274 g/mol. The molecule has 0 atom stereocenters. The minimum atomic E-state index is -3.73. The zero-order chi connectivity index (χ0) is 13.1. The molecule has 0 radical (unpaired) electrons. The summed E-state index contributed by atoms with van der Waals surface area (Å²) in [5.74, 6) is -1.16. The second-order valence-electron chi connectivity index (χ2n) is 3.14. The number of carboxylic acid groups (broad SMARTS) is 1. The highest BCUT2D eigenvalue weighted by Crippen LogP contribution is 2.25. The highest BCUT2D eigenvalue weighted by molar-refractivity contribution is 7.89. The van der Waals surface area contributed by atoms with Crippen molar-refractivity contribution >= 4 is 27.3 Å². The number of carbonyl (C=O) groups is 1. The van der Waals surface area contributed by atoms with E-state index in [1.165, 1.54) is 6.92 Å². The first-order chi connectivity index (χ1) is 7.88. The predicted octanol–water partition coefficient (Wildman–Crippen LogP) is 0.947. The monoisotopic (exact) mass is 274 g/mol. The summed E-state index contributed by atoms with van der Waals surface area (Å²) in [5.41, 5.74) is 0. The van der Waals surface area contributed by atoms with E-state index >= 15 is 0 Å². The largest absolute Gasteiger partial charge is 0.477 e. The molecule has 0 aliphatic carbocycles. The fourth-order valence-electron chi connectivity index (χ4n) is 1.16. The lowest BCUT2D eigenvalue weighted by Gasteiger charge is -2.03.